The topological polar surface area (TPSA) is 49.4 Å². The van der Waals surface area contributed by atoms with Crippen molar-refractivity contribution in [1.82, 2.24) is 9.62 Å². The summed E-state index contributed by atoms with van der Waals surface area (Å²) in [4.78, 5) is 0. The van der Waals surface area contributed by atoms with Gasteiger partial charge in [-0.3, -0.25) is 0 Å². The van der Waals surface area contributed by atoms with Gasteiger partial charge in [-0.05, 0) is 19.8 Å². The summed E-state index contributed by atoms with van der Waals surface area (Å²) in [6.45, 7) is 3.29. The first-order valence-electron chi connectivity index (χ1n) is 5.82. The van der Waals surface area contributed by atoms with Crippen LogP contribution in [0.5, 0.6) is 0 Å². The van der Waals surface area contributed by atoms with Gasteiger partial charge in [0.05, 0.1) is 5.75 Å². The van der Waals surface area contributed by atoms with Crippen LogP contribution in [0.15, 0.2) is 0 Å². The van der Waals surface area contributed by atoms with Crippen LogP contribution in [-0.4, -0.2) is 43.6 Å². The minimum absolute atomic E-state index is 0.258. The van der Waals surface area contributed by atoms with E-state index in [4.69, 9.17) is 0 Å². The molecule has 0 aromatic rings. The molecule has 1 atom stereocenters. The highest BCUT2D eigenvalue weighted by Gasteiger charge is 2.34. The lowest BCUT2D eigenvalue weighted by Crippen LogP contribution is -2.43. The van der Waals surface area contributed by atoms with Gasteiger partial charge < -0.3 is 5.32 Å². The molecule has 2 rings (SSSR count). The molecule has 1 aliphatic carbocycles. The summed E-state index contributed by atoms with van der Waals surface area (Å²) in [5.74, 6) is 0.258. The van der Waals surface area contributed by atoms with Crippen LogP contribution in [0.1, 0.15) is 32.6 Å². The van der Waals surface area contributed by atoms with Crippen LogP contribution in [0.2, 0.25) is 0 Å². The van der Waals surface area contributed by atoms with E-state index >= 15 is 0 Å². The Labute approximate surface area is 92.1 Å². The quantitative estimate of drug-likeness (QED) is 0.718. The Balaban J connectivity index is 2.16. The Bertz CT molecular complexity index is 309. The molecule has 15 heavy (non-hydrogen) atoms. The molecule has 0 aromatic heterocycles. The summed E-state index contributed by atoms with van der Waals surface area (Å²) in [6, 6.07) is 0.556. The maximum absolute atomic E-state index is 12.0. The molecule has 1 saturated carbocycles. The fourth-order valence-electron chi connectivity index (χ4n) is 2.57. The Morgan fingerprint density at radius 3 is 2.60 bits per heavy atom. The molecule has 1 saturated heterocycles. The SMILES string of the molecule is CC1CN(C2CCCC2)S(=O)(=O)CCN1. The largest absolute Gasteiger partial charge is 0.312 e. The number of sulfonamides is 1. The third kappa shape index (κ3) is 2.52. The molecule has 2 aliphatic rings. The second-order valence-corrected chi connectivity index (χ2v) is 6.72. The third-order valence-corrected chi connectivity index (χ3v) is 5.28. The fourth-order valence-corrected chi connectivity index (χ4v) is 4.29. The van der Waals surface area contributed by atoms with Gasteiger partial charge in [-0.25, -0.2) is 8.42 Å². The van der Waals surface area contributed by atoms with E-state index in [1.165, 1.54) is 12.8 Å². The Morgan fingerprint density at radius 2 is 1.93 bits per heavy atom. The van der Waals surface area contributed by atoms with E-state index in [9.17, 15) is 8.42 Å². The molecule has 2 fully saturated rings. The molecule has 0 spiro atoms. The van der Waals surface area contributed by atoms with Crippen LogP contribution in [0, 0.1) is 0 Å². The minimum atomic E-state index is -3.01. The molecule has 4 nitrogen and oxygen atoms in total. The van der Waals surface area contributed by atoms with Gasteiger partial charge in [-0.1, -0.05) is 12.8 Å². The molecule has 1 aliphatic heterocycles. The summed E-state index contributed by atoms with van der Waals surface area (Å²) in [5.41, 5.74) is 0. The van der Waals surface area contributed by atoms with Crippen molar-refractivity contribution in [2.24, 2.45) is 0 Å². The van der Waals surface area contributed by atoms with Crippen molar-refractivity contribution in [3.05, 3.63) is 0 Å². The second-order valence-electron chi connectivity index (χ2n) is 4.68. The molecule has 1 heterocycles. The molecule has 0 amide bonds. The van der Waals surface area contributed by atoms with Crippen LogP contribution in [-0.2, 0) is 10.0 Å². The smallest absolute Gasteiger partial charge is 0.215 e. The predicted octanol–water partition coefficient (Wildman–Crippen LogP) is 0.552. The maximum atomic E-state index is 12.0. The molecule has 88 valence electrons. The number of hydrogen-bond donors (Lipinski definition) is 1. The van der Waals surface area contributed by atoms with E-state index in [0.29, 0.717) is 13.1 Å². The molecule has 0 aromatic carbocycles. The van der Waals surface area contributed by atoms with Gasteiger partial charge >= 0.3 is 0 Å². The van der Waals surface area contributed by atoms with Crippen molar-refractivity contribution < 1.29 is 8.42 Å². The Kier molecular flexibility index (Phi) is 3.33. The Hall–Kier alpha value is -0.130. The van der Waals surface area contributed by atoms with E-state index in [0.717, 1.165) is 12.8 Å². The van der Waals surface area contributed by atoms with Crippen LogP contribution in [0.25, 0.3) is 0 Å². The van der Waals surface area contributed by atoms with E-state index < -0.39 is 10.0 Å². The predicted molar refractivity (Wildman–Crippen MR) is 60.2 cm³/mol. The second kappa shape index (κ2) is 4.39. The van der Waals surface area contributed by atoms with Gasteiger partial charge in [-0.2, -0.15) is 4.31 Å². The van der Waals surface area contributed by atoms with Crippen molar-refractivity contribution in [2.45, 2.75) is 44.7 Å². The highest BCUT2D eigenvalue weighted by Crippen LogP contribution is 2.26. The average Bonchev–Trinajstić information content (AvgIpc) is 2.62. The van der Waals surface area contributed by atoms with Crippen LogP contribution in [0.3, 0.4) is 0 Å². The average molecular weight is 232 g/mol. The van der Waals surface area contributed by atoms with Gasteiger partial charge in [0.1, 0.15) is 0 Å². The summed E-state index contributed by atoms with van der Waals surface area (Å²) in [6.07, 6.45) is 4.45. The lowest BCUT2D eigenvalue weighted by molar-refractivity contribution is 0.305. The van der Waals surface area contributed by atoms with Crippen molar-refractivity contribution >= 4 is 10.0 Å². The summed E-state index contributed by atoms with van der Waals surface area (Å²) in [5, 5.41) is 3.23. The molecule has 1 unspecified atom stereocenters. The van der Waals surface area contributed by atoms with Gasteiger partial charge in [0, 0.05) is 25.2 Å². The van der Waals surface area contributed by atoms with Gasteiger partial charge in [0.2, 0.25) is 10.0 Å². The van der Waals surface area contributed by atoms with Crippen LogP contribution >= 0.6 is 0 Å². The van der Waals surface area contributed by atoms with E-state index in [-0.39, 0.29) is 17.8 Å². The third-order valence-electron chi connectivity index (χ3n) is 3.40. The lowest BCUT2D eigenvalue weighted by Gasteiger charge is -2.27. The molecule has 1 N–H and O–H groups in total. The molecular formula is C10H20N2O2S. The number of rotatable bonds is 1. The zero-order valence-electron chi connectivity index (χ0n) is 9.28. The minimum Gasteiger partial charge on any atom is -0.312 e. The zero-order chi connectivity index (χ0) is 10.9. The number of nitrogens with one attached hydrogen (secondary N) is 1. The Morgan fingerprint density at radius 1 is 1.27 bits per heavy atom. The number of nitrogens with zero attached hydrogens (tertiary/aromatic N) is 1. The molecule has 0 radical (unpaired) electrons. The van der Waals surface area contributed by atoms with Crippen LogP contribution in [0.4, 0.5) is 0 Å². The number of hydrogen-bond acceptors (Lipinski definition) is 3. The monoisotopic (exact) mass is 232 g/mol. The van der Waals surface area contributed by atoms with Crippen molar-refractivity contribution in [2.75, 3.05) is 18.8 Å². The van der Waals surface area contributed by atoms with Crippen molar-refractivity contribution in [3.8, 4) is 0 Å². The first-order valence-corrected chi connectivity index (χ1v) is 7.43. The first kappa shape index (κ1) is 11.4. The van der Waals surface area contributed by atoms with E-state index in [2.05, 4.69) is 12.2 Å². The fraction of sp³-hybridized carbons (Fsp3) is 1.00. The molecule has 5 heteroatoms. The van der Waals surface area contributed by atoms with Crippen molar-refractivity contribution in [1.29, 1.82) is 0 Å². The van der Waals surface area contributed by atoms with Gasteiger partial charge in [-0.15, -0.1) is 0 Å². The van der Waals surface area contributed by atoms with Gasteiger partial charge in [0.15, 0.2) is 0 Å². The normalized spacial score (nSPS) is 34.1. The molecular weight excluding hydrogens is 212 g/mol. The zero-order valence-corrected chi connectivity index (χ0v) is 10.1. The maximum Gasteiger partial charge on any atom is 0.215 e. The van der Waals surface area contributed by atoms with E-state index in [1.807, 2.05) is 0 Å². The van der Waals surface area contributed by atoms with Gasteiger partial charge in [0.25, 0.3) is 0 Å². The standard InChI is InChI=1S/C10H20N2O2S/c1-9-8-12(10-4-2-3-5-10)15(13,14)7-6-11-9/h9-11H,2-8H2,1H3. The lowest BCUT2D eigenvalue weighted by atomic mass is 10.2. The van der Waals surface area contributed by atoms with E-state index in [1.54, 1.807) is 4.31 Å². The molecule has 0 bridgehead atoms. The summed E-state index contributed by atoms with van der Waals surface area (Å²) >= 11 is 0. The summed E-state index contributed by atoms with van der Waals surface area (Å²) < 4.78 is 25.8. The highest BCUT2D eigenvalue weighted by molar-refractivity contribution is 7.89. The first-order chi connectivity index (χ1) is 7.09. The van der Waals surface area contributed by atoms with Crippen LogP contribution < -0.4 is 5.32 Å². The summed E-state index contributed by atoms with van der Waals surface area (Å²) in [7, 11) is -3.01. The van der Waals surface area contributed by atoms with Crippen molar-refractivity contribution in [3.63, 3.8) is 0 Å². The highest BCUT2D eigenvalue weighted by atomic mass is 32.2.